The van der Waals surface area contributed by atoms with Gasteiger partial charge in [0.05, 0.1) is 11.7 Å². The zero-order chi connectivity index (χ0) is 28.8. The fourth-order valence-corrected chi connectivity index (χ4v) is 5.74. The van der Waals surface area contributed by atoms with Crippen molar-refractivity contribution in [1.82, 2.24) is 5.32 Å². The van der Waals surface area contributed by atoms with E-state index in [0.717, 1.165) is 46.5 Å². The third kappa shape index (κ3) is 5.97. The van der Waals surface area contributed by atoms with Crippen molar-refractivity contribution in [3.8, 4) is 0 Å². The molecule has 206 valence electrons. The predicted molar refractivity (Wildman–Crippen MR) is 182 cm³/mol. The topological polar surface area (TPSA) is 24.4 Å². The highest BCUT2D eigenvalue weighted by molar-refractivity contribution is 5.91. The van der Waals surface area contributed by atoms with Crippen molar-refractivity contribution in [3.05, 3.63) is 191 Å². The molecule has 0 bridgehead atoms. The Morgan fingerprint density at radius 3 is 2.09 bits per heavy atom. The first kappa shape index (κ1) is 26.5. The van der Waals surface area contributed by atoms with Gasteiger partial charge in [0.1, 0.15) is 0 Å². The van der Waals surface area contributed by atoms with Crippen LogP contribution in [0.4, 0.5) is 0 Å². The van der Waals surface area contributed by atoms with Gasteiger partial charge in [-0.05, 0) is 100 Å². The van der Waals surface area contributed by atoms with Crippen LogP contribution in [0.1, 0.15) is 52.3 Å². The Hall–Kier alpha value is -5.43. The van der Waals surface area contributed by atoms with Crippen LogP contribution in [0.2, 0.25) is 0 Å². The molecule has 1 aliphatic carbocycles. The van der Waals surface area contributed by atoms with Crippen molar-refractivity contribution < 1.29 is 0 Å². The summed E-state index contributed by atoms with van der Waals surface area (Å²) in [5, 5.41) is 3.78. The molecule has 0 amide bonds. The van der Waals surface area contributed by atoms with Crippen LogP contribution < -0.4 is 5.32 Å². The smallest absolute Gasteiger partial charge is 0.0707 e. The molecule has 7 rings (SSSR count). The molecule has 4 aromatic carbocycles. The quantitative estimate of drug-likeness (QED) is 0.237. The highest BCUT2D eigenvalue weighted by atomic mass is 14.9. The molecule has 0 saturated carbocycles. The summed E-state index contributed by atoms with van der Waals surface area (Å²) in [5.74, 6) is 0. The maximum absolute atomic E-state index is 4.79. The molecule has 2 heteroatoms. The standard InChI is InChI=1S/C41H32N2/c1-4-13-30(14-5-1)31-19-12-20-32(23-22-31)35-25-36(27-38(26-35)39-21-10-11-24-42-39)37-28-40(33-15-6-2-7-16-33)43-41(29-37)34-17-8-3-9-18-34/h1-9,12-19,21-29,40,43H,10-11H2. The van der Waals surface area contributed by atoms with Gasteiger partial charge in [0.15, 0.2) is 0 Å². The van der Waals surface area contributed by atoms with E-state index in [9.17, 15) is 0 Å². The summed E-state index contributed by atoms with van der Waals surface area (Å²) < 4.78 is 0. The summed E-state index contributed by atoms with van der Waals surface area (Å²) in [4.78, 5) is 4.79. The van der Waals surface area contributed by atoms with E-state index in [1.54, 1.807) is 0 Å². The zero-order valence-electron chi connectivity index (χ0n) is 23.9. The second kappa shape index (κ2) is 12.2. The lowest BCUT2D eigenvalue weighted by molar-refractivity contribution is 0.767. The van der Waals surface area contributed by atoms with Crippen LogP contribution in [0.25, 0.3) is 28.1 Å². The molecule has 0 radical (unpaired) electrons. The monoisotopic (exact) mass is 552 g/mol. The number of hydrogen-bond donors (Lipinski definition) is 1. The molecule has 1 unspecified atom stereocenters. The number of hydrogen-bond acceptors (Lipinski definition) is 2. The van der Waals surface area contributed by atoms with Crippen molar-refractivity contribution in [2.75, 3.05) is 0 Å². The SMILES string of the molecule is C1=CC=C(c2ccccc2)C=CC=1c1cc(C2=CC(c3ccccc3)NC(c3ccccc3)=C2)cc(C2=CCCC=N2)c1. The first-order valence-electron chi connectivity index (χ1n) is 14.9. The second-order valence-electron chi connectivity index (χ2n) is 10.9. The Labute approximate surface area is 253 Å². The predicted octanol–water partition coefficient (Wildman–Crippen LogP) is 9.85. The van der Waals surface area contributed by atoms with Gasteiger partial charge in [0.25, 0.3) is 0 Å². The molecule has 2 nitrogen and oxygen atoms in total. The van der Waals surface area contributed by atoms with Gasteiger partial charge in [0.2, 0.25) is 0 Å². The maximum atomic E-state index is 4.79. The van der Waals surface area contributed by atoms with Crippen LogP contribution in [0.15, 0.2) is 162 Å². The summed E-state index contributed by atoms with van der Waals surface area (Å²) in [5.41, 5.74) is 16.1. The van der Waals surface area contributed by atoms with Crippen molar-refractivity contribution >= 4 is 34.3 Å². The zero-order valence-corrected chi connectivity index (χ0v) is 23.9. The van der Waals surface area contributed by atoms with Crippen LogP contribution in [0, 0.1) is 0 Å². The molecule has 3 aliphatic rings. The number of allylic oxidation sites excluding steroid dienone is 8. The minimum atomic E-state index is 0.0462. The fourth-order valence-electron chi connectivity index (χ4n) is 5.74. The third-order valence-electron chi connectivity index (χ3n) is 7.98. The molecule has 0 aromatic heterocycles. The Morgan fingerprint density at radius 1 is 0.651 bits per heavy atom. The van der Waals surface area contributed by atoms with E-state index in [1.807, 2.05) is 12.3 Å². The first-order chi connectivity index (χ1) is 21.3. The molecule has 0 saturated heterocycles. The molecule has 4 aromatic rings. The van der Waals surface area contributed by atoms with Crippen molar-refractivity contribution in [1.29, 1.82) is 0 Å². The summed E-state index contributed by atoms with van der Waals surface area (Å²) >= 11 is 0. The number of aliphatic imine (C=N–C) groups is 1. The van der Waals surface area contributed by atoms with Gasteiger partial charge in [-0.25, -0.2) is 0 Å². The van der Waals surface area contributed by atoms with Crippen LogP contribution in [-0.2, 0) is 0 Å². The Kier molecular flexibility index (Phi) is 7.51. The van der Waals surface area contributed by atoms with E-state index in [0.29, 0.717) is 0 Å². The van der Waals surface area contributed by atoms with Gasteiger partial charge in [-0.15, -0.1) is 5.73 Å². The van der Waals surface area contributed by atoms with Gasteiger partial charge >= 0.3 is 0 Å². The number of nitrogens with one attached hydrogen (secondary N) is 1. The number of benzene rings is 4. The molecule has 1 atom stereocenters. The molecule has 43 heavy (non-hydrogen) atoms. The second-order valence-corrected chi connectivity index (χ2v) is 10.9. The van der Waals surface area contributed by atoms with E-state index >= 15 is 0 Å². The molecule has 1 N–H and O–H groups in total. The van der Waals surface area contributed by atoms with E-state index in [2.05, 4.69) is 157 Å². The van der Waals surface area contributed by atoms with Crippen LogP contribution >= 0.6 is 0 Å². The van der Waals surface area contributed by atoms with Gasteiger partial charge in [-0.2, -0.15) is 0 Å². The third-order valence-corrected chi connectivity index (χ3v) is 7.98. The summed E-state index contributed by atoms with van der Waals surface area (Å²) in [6.45, 7) is 0. The molecular formula is C41H32N2. The largest absolute Gasteiger partial charge is 0.374 e. The van der Waals surface area contributed by atoms with Crippen LogP contribution in [0.3, 0.4) is 0 Å². The van der Waals surface area contributed by atoms with Crippen LogP contribution in [0.5, 0.6) is 0 Å². The summed E-state index contributed by atoms with van der Waals surface area (Å²) in [7, 11) is 0. The highest BCUT2D eigenvalue weighted by Crippen LogP contribution is 2.35. The Balaban J connectivity index is 1.34. The van der Waals surface area contributed by atoms with E-state index in [4.69, 9.17) is 4.99 Å². The van der Waals surface area contributed by atoms with Crippen LogP contribution in [-0.4, -0.2) is 6.21 Å². The minimum absolute atomic E-state index is 0.0462. The van der Waals surface area contributed by atoms with Crippen molar-refractivity contribution in [3.63, 3.8) is 0 Å². The molecule has 2 aliphatic heterocycles. The summed E-state index contributed by atoms with van der Waals surface area (Å²) in [6, 6.07) is 38.6. The molecule has 2 heterocycles. The highest BCUT2D eigenvalue weighted by Gasteiger charge is 2.19. The van der Waals surface area contributed by atoms with Gasteiger partial charge in [-0.3, -0.25) is 4.99 Å². The lowest BCUT2D eigenvalue weighted by Gasteiger charge is -2.26. The van der Waals surface area contributed by atoms with Crippen molar-refractivity contribution in [2.45, 2.75) is 18.9 Å². The lowest BCUT2D eigenvalue weighted by Crippen LogP contribution is -2.21. The fraction of sp³-hybridized carbons (Fsp3) is 0.0732. The van der Waals surface area contributed by atoms with Gasteiger partial charge in [-0.1, -0.05) is 103 Å². The molecule has 0 fully saturated rings. The Bertz CT molecular complexity index is 1890. The normalized spacial score (nSPS) is 17.6. The molecular weight excluding hydrogens is 520 g/mol. The number of dihydropyridines is 1. The first-order valence-corrected chi connectivity index (χ1v) is 14.9. The summed E-state index contributed by atoms with van der Waals surface area (Å²) in [6.07, 6.45) is 19.4. The van der Waals surface area contributed by atoms with E-state index in [-0.39, 0.29) is 6.04 Å². The lowest BCUT2D eigenvalue weighted by atomic mass is 9.90. The van der Waals surface area contributed by atoms with Gasteiger partial charge < -0.3 is 5.32 Å². The Morgan fingerprint density at radius 2 is 1.35 bits per heavy atom. The van der Waals surface area contributed by atoms with Crippen molar-refractivity contribution in [2.24, 2.45) is 4.99 Å². The minimum Gasteiger partial charge on any atom is -0.374 e. The average molecular weight is 553 g/mol. The maximum Gasteiger partial charge on any atom is 0.0707 e. The van der Waals surface area contributed by atoms with E-state index in [1.165, 1.54) is 27.8 Å². The van der Waals surface area contributed by atoms with E-state index < -0.39 is 0 Å². The average Bonchev–Trinajstić information content (AvgIpc) is 3.36. The van der Waals surface area contributed by atoms with Gasteiger partial charge in [0, 0.05) is 23.0 Å². The molecule has 0 spiro atoms. The number of nitrogens with zero attached hydrogens (tertiary/aromatic N) is 1. The number of rotatable bonds is 6.